The number of sulfone groups is 1. The molecule has 0 saturated heterocycles. The average molecular weight is 366 g/mol. The van der Waals surface area contributed by atoms with Gasteiger partial charge in [-0.1, -0.05) is 24.3 Å². The summed E-state index contributed by atoms with van der Waals surface area (Å²) in [5, 5.41) is 17.0. The van der Waals surface area contributed by atoms with E-state index in [1.54, 1.807) is 48.5 Å². The molecule has 2 unspecified atom stereocenters. The lowest BCUT2D eigenvalue weighted by atomic mass is 10.1. The molecule has 0 aliphatic rings. The Morgan fingerprint density at radius 1 is 0.760 bits per heavy atom. The standard InChI is InChI=1S/C16H22N4O4S/c17-19-13-5-1-11(2-6-13)15(9-21)25(23,24)16(10-22)12-3-7-14(20-18)8-4-12/h1-8,15-16,19-22H,9-10,17-18H2. The lowest BCUT2D eigenvalue weighted by Crippen LogP contribution is -2.26. The topological polar surface area (TPSA) is 151 Å². The number of hydrogen-bond acceptors (Lipinski definition) is 8. The van der Waals surface area contributed by atoms with Crippen LogP contribution in [0.4, 0.5) is 11.4 Å². The van der Waals surface area contributed by atoms with Gasteiger partial charge in [0.05, 0.1) is 13.2 Å². The third kappa shape index (κ3) is 4.09. The molecule has 0 aliphatic heterocycles. The average Bonchev–Trinajstić information content (AvgIpc) is 2.63. The van der Waals surface area contributed by atoms with E-state index in [9.17, 15) is 18.6 Å². The van der Waals surface area contributed by atoms with Gasteiger partial charge in [0.25, 0.3) is 0 Å². The minimum Gasteiger partial charge on any atom is -0.395 e. The number of hydrogen-bond donors (Lipinski definition) is 6. The van der Waals surface area contributed by atoms with Gasteiger partial charge in [-0.3, -0.25) is 11.7 Å². The minimum atomic E-state index is -3.91. The van der Waals surface area contributed by atoms with Crippen molar-refractivity contribution in [1.29, 1.82) is 0 Å². The van der Waals surface area contributed by atoms with Crippen molar-refractivity contribution in [3.8, 4) is 0 Å². The Hall–Kier alpha value is -2.17. The molecular weight excluding hydrogens is 344 g/mol. The van der Waals surface area contributed by atoms with Crippen molar-refractivity contribution in [2.45, 2.75) is 10.5 Å². The van der Waals surface area contributed by atoms with Crippen molar-refractivity contribution in [2.75, 3.05) is 24.1 Å². The van der Waals surface area contributed by atoms with Crippen molar-refractivity contribution in [2.24, 2.45) is 11.7 Å². The molecule has 0 fully saturated rings. The summed E-state index contributed by atoms with van der Waals surface area (Å²) in [7, 11) is -3.91. The minimum absolute atomic E-state index is 0.417. The van der Waals surface area contributed by atoms with E-state index >= 15 is 0 Å². The van der Waals surface area contributed by atoms with Gasteiger partial charge < -0.3 is 21.1 Å². The first-order chi connectivity index (χ1) is 12.0. The molecule has 0 bridgehead atoms. The molecular formula is C16H22N4O4S. The second-order valence-electron chi connectivity index (χ2n) is 5.46. The highest BCUT2D eigenvalue weighted by Gasteiger charge is 2.35. The van der Waals surface area contributed by atoms with Gasteiger partial charge in [0.1, 0.15) is 10.5 Å². The lowest BCUT2D eigenvalue weighted by molar-refractivity contribution is 0.279. The van der Waals surface area contributed by atoms with Crippen molar-refractivity contribution >= 4 is 21.2 Å². The monoisotopic (exact) mass is 366 g/mol. The summed E-state index contributed by atoms with van der Waals surface area (Å²) in [5.41, 5.74) is 6.96. The van der Waals surface area contributed by atoms with Crippen LogP contribution in [0, 0.1) is 0 Å². The molecule has 2 aromatic rings. The molecule has 0 saturated carbocycles. The zero-order valence-electron chi connectivity index (χ0n) is 13.5. The number of nitrogens with one attached hydrogen (secondary N) is 2. The fourth-order valence-electron chi connectivity index (χ4n) is 2.58. The summed E-state index contributed by atoms with van der Waals surface area (Å²) in [5.74, 6) is 10.6. The smallest absolute Gasteiger partial charge is 0.168 e. The fourth-order valence-corrected chi connectivity index (χ4v) is 4.47. The molecule has 0 amide bonds. The Kier molecular flexibility index (Phi) is 6.34. The third-order valence-corrected chi connectivity index (χ3v) is 6.45. The quantitative estimate of drug-likeness (QED) is 0.291. The summed E-state index contributed by atoms with van der Waals surface area (Å²) in [6, 6.07) is 12.7. The molecule has 8 N–H and O–H groups in total. The van der Waals surface area contributed by atoms with Crippen LogP contribution < -0.4 is 22.5 Å². The van der Waals surface area contributed by atoms with Crippen LogP contribution in [-0.4, -0.2) is 31.8 Å². The Bertz CT molecular complexity index is 717. The molecule has 136 valence electrons. The summed E-state index contributed by atoms with van der Waals surface area (Å²) in [4.78, 5) is 0. The summed E-state index contributed by atoms with van der Waals surface area (Å²) >= 11 is 0. The molecule has 2 aromatic carbocycles. The van der Waals surface area contributed by atoms with Gasteiger partial charge in [-0.15, -0.1) is 0 Å². The van der Waals surface area contributed by atoms with E-state index in [0.29, 0.717) is 22.5 Å². The Balaban J connectivity index is 2.39. The lowest BCUT2D eigenvalue weighted by Gasteiger charge is -2.23. The van der Waals surface area contributed by atoms with E-state index < -0.39 is 33.6 Å². The number of nitrogens with two attached hydrogens (primary N) is 2. The molecule has 0 aliphatic carbocycles. The highest BCUT2D eigenvalue weighted by molar-refractivity contribution is 7.92. The van der Waals surface area contributed by atoms with Crippen LogP contribution in [0.3, 0.4) is 0 Å². The first kappa shape index (κ1) is 19.2. The van der Waals surface area contributed by atoms with Gasteiger partial charge in [0.2, 0.25) is 0 Å². The predicted octanol–water partition coefficient (Wildman–Crippen LogP) is 0.440. The second kappa shape index (κ2) is 8.28. The first-order valence-corrected chi connectivity index (χ1v) is 9.16. The van der Waals surface area contributed by atoms with Crippen LogP contribution in [0.2, 0.25) is 0 Å². The van der Waals surface area contributed by atoms with Crippen LogP contribution in [0.25, 0.3) is 0 Å². The Morgan fingerprint density at radius 3 is 1.32 bits per heavy atom. The van der Waals surface area contributed by atoms with E-state index in [-0.39, 0.29) is 0 Å². The molecule has 25 heavy (non-hydrogen) atoms. The SMILES string of the molecule is NNc1ccc(C(CO)S(=O)(=O)C(CO)c2ccc(NN)cc2)cc1. The van der Waals surface area contributed by atoms with Crippen LogP contribution in [0.5, 0.6) is 0 Å². The summed E-state index contributed by atoms with van der Waals surface area (Å²) < 4.78 is 26.0. The zero-order valence-corrected chi connectivity index (χ0v) is 14.3. The molecule has 0 heterocycles. The van der Waals surface area contributed by atoms with Crippen molar-refractivity contribution in [1.82, 2.24) is 0 Å². The Morgan fingerprint density at radius 2 is 1.08 bits per heavy atom. The van der Waals surface area contributed by atoms with Gasteiger partial charge in [-0.2, -0.15) is 0 Å². The van der Waals surface area contributed by atoms with Crippen molar-refractivity contribution < 1.29 is 18.6 Å². The number of hydrazine groups is 2. The molecule has 9 heteroatoms. The number of aliphatic hydroxyl groups is 2. The molecule has 0 aromatic heterocycles. The van der Waals surface area contributed by atoms with Crippen molar-refractivity contribution in [3.63, 3.8) is 0 Å². The molecule has 8 nitrogen and oxygen atoms in total. The fraction of sp³-hybridized carbons (Fsp3) is 0.250. The molecule has 0 radical (unpaired) electrons. The van der Waals surface area contributed by atoms with E-state index in [1.165, 1.54) is 0 Å². The number of rotatable bonds is 8. The number of aliphatic hydroxyl groups excluding tert-OH is 2. The molecule has 2 atom stereocenters. The number of anilines is 2. The van der Waals surface area contributed by atoms with Crippen LogP contribution >= 0.6 is 0 Å². The third-order valence-electron chi connectivity index (χ3n) is 4.02. The maximum absolute atomic E-state index is 13.0. The van der Waals surface area contributed by atoms with Crippen LogP contribution in [0.15, 0.2) is 48.5 Å². The van der Waals surface area contributed by atoms with E-state index in [2.05, 4.69) is 10.9 Å². The number of nitrogen functional groups attached to an aromatic ring is 2. The maximum Gasteiger partial charge on any atom is 0.168 e. The second-order valence-corrected chi connectivity index (χ2v) is 7.78. The van der Waals surface area contributed by atoms with Crippen LogP contribution in [0.1, 0.15) is 21.6 Å². The predicted molar refractivity (Wildman–Crippen MR) is 97.1 cm³/mol. The van der Waals surface area contributed by atoms with E-state index in [0.717, 1.165) is 0 Å². The highest BCUT2D eigenvalue weighted by atomic mass is 32.2. The van der Waals surface area contributed by atoms with Gasteiger partial charge in [0, 0.05) is 11.4 Å². The van der Waals surface area contributed by atoms with Crippen LogP contribution in [-0.2, 0) is 9.84 Å². The van der Waals surface area contributed by atoms with E-state index in [4.69, 9.17) is 11.7 Å². The molecule has 2 rings (SSSR count). The first-order valence-electron chi connectivity index (χ1n) is 7.55. The summed E-state index contributed by atoms with van der Waals surface area (Å²) in [6.45, 7) is -1.20. The zero-order chi connectivity index (χ0) is 18.4. The highest BCUT2D eigenvalue weighted by Crippen LogP contribution is 2.34. The van der Waals surface area contributed by atoms with Gasteiger partial charge in [-0.05, 0) is 35.4 Å². The van der Waals surface area contributed by atoms with Gasteiger partial charge >= 0.3 is 0 Å². The molecule has 0 spiro atoms. The summed E-state index contributed by atoms with van der Waals surface area (Å²) in [6.07, 6.45) is 0. The van der Waals surface area contributed by atoms with Gasteiger partial charge in [0.15, 0.2) is 9.84 Å². The largest absolute Gasteiger partial charge is 0.395 e. The van der Waals surface area contributed by atoms with Crippen molar-refractivity contribution in [3.05, 3.63) is 59.7 Å². The Labute approximate surface area is 146 Å². The number of benzene rings is 2. The normalized spacial score (nSPS) is 13.9. The van der Waals surface area contributed by atoms with E-state index in [1.807, 2.05) is 0 Å². The van der Waals surface area contributed by atoms with Gasteiger partial charge in [-0.25, -0.2) is 8.42 Å². The maximum atomic E-state index is 13.0.